The normalized spacial score (nSPS) is 14.4. The molecule has 336 valence electrons. The van der Waals surface area contributed by atoms with Gasteiger partial charge in [-0.05, 0) is 134 Å². The van der Waals surface area contributed by atoms with E-state index in [4.69, 9.17) is 9.15 Å². The van der Waals surface area contributed by atoms with Gasteiger partial charge in [-0.25, -0.2) is 0 Å². The average Bonchev–Trinajstić information content (AvgIpc) is 4.06. The highest BCUT2D eigenvalue weighted by Gasteiger charge is 2.53. The lowest BCUT2D eigenvalue weighted by Crippen LogP contribution is -2.32. The maximum absolute atomic E-state index is 6.74. The number of nitrogens with zero attached hydrogens (tertiary/aromatic N) is 1. The molecule has 0 radical (unpaired) electrons. The van der Waals surface area contributed by atoms with Crippen molar-refractivity contribution in [3.05, 3.63) is 293 Å². The highest BCUT2D eigenvalue weighted by atomic mass is 32.2. The number of para-hydroxylation sites is 3. The Bertz CT molecular complexity index is 4170. The number of benzene rings is 11. The predicted molar refractivity (Wildman–Crippen MR) is 293 cm³/mol. The second-order valence-electron chi connectivity index (χ2n) is 19.4. The van der Waals surface area contributed by atoms with Gasteiger partial charge in [-0.3, -0.25) is 0 Å². The zero-order valence-electron chi connectivity index (χ0n) is 38.8. The highest BCUT2D eigenvalue weighted by Crippen LogP contribution is 2.66. The summed E-state index contributed by atoms with van der Waals surface area (Å²) in [5.74, 6) is 1.76. The van der Waals surface area contributed by atoms with Crippen molar-refractivity contribution in [2.45, 2.75) is 20.6 Å². The van der Waals surface area contributed by atoms with Crippen molar-refractivity contribution in [2.24, 2.45) is 0 Å². The van der Waals surface area contributed by atoms with Crippen LogP contribution in [0.3, 0.4) is 0 Å². The monoisotopic (exact) mass is 935 g/mol. The summed E-state index contributed by atoms with van der Waals surface area (Å²) in [6.07, 6.45) is 0. The van der Waals surface area contributed by atoms with Crippen molar-refractivity contribution in [1.82, 2.24) is 0 Å². The van der Waals surface area contributed by atoms with Crippen LogP contribution in [0.15, 0.2) is 263 Å². The lowest BCUT2D eigenvalue weighted by atomic mass is 9.66. The van der Waals surface area contributed by atoms with Gasteiger partial charge in [0.1, 0.15) is 22.7 Å². The first-order valence-corrected chi connectivity index (χ1v) is 25.5. The van der Waals surface area contributed by atoms with Crippen molar-refractivity contribution in [3.63, 3.8) is 0 Å². The van der Waals surface area contributed by atoms with E-state index in [1.807, 2.05) is 23.9 Å². The fraction of sp³-hybridized carbons (Fsp3) is 0.0294. The molecule has 0 unspecified atom stereocenters. The molecule has 16 rings (SSSR count). The summed E-state index contributed by atoms with van der Waals surface area (Å²) in [4.78, 5) is 5.10. The fourth-order valence-electron chi connectivity index (χ4n) is 13.2. The zero-order chi connectivity index (χ0) is 47.1. The third-order valence-corrected chi connectivity index (χ3v) is 17.2. The van der Waals surface area contributed by atoms with Crippen LogP contribution in [0, 0.1) is 0 Å². The molecule has 0 bridgehead atoms. The first-order valence-electron chi connectivity index (χ1n) is 24.7. The second-order valence-corrected chi connectivity index (χ2v) is 20.5. The van der Waals surface area contributed by atoms with Gasteiger partial charge in [-0.1, -0.05) is 188 Å². The van der Waals surface area contributed by atoms with Gasteiger partial charge in [0.25, 0.3) is 0 Å². The minimum absolute atomic E-state index is 0.473. The molecule has 0 saturated heterocycles. The molecule has 4 heteroatoms. The number of fused-ring (bicyclic) bond motifs is 21. The smallest absolute Gasteiger partial charge is 0.136 e. The summed E-state index contributed by atoms with van der Waals surface area (Å²) in [6, 6.07) is 91.6. The molecule has 0 amide bonds. The van der Waals surface area contributed by atoms with Crippen LogP contribution in [0.5, 0.6) is 11.5 Å². The minimum atomic E-state index is -0.610. The minimum Gasteiger partial charge on any atom is -0.457 e. The predicted octanol–water partition coefficient (Wildman–Crippen LogP) is 18.0. The van der Waals surface area contributed by atoms with Crippen LogP contribution in [-0.2, 0) is 10.8 Å². The summed E-state index contributed by atoms with van der Waals surface area (Å²) in [7, 11) is 0. The first kappa shape index (κ1) is 40.0. The average molecular weight is 936 g/mol. The van der Waals surface area contributed by atoms with Crippen molar-refractivity contribution in [1.29, 1.82) is 0 Å². The van der Waals surface area contributed by atoms with Gasteiger partial charge in [0, 0.05) is 48.6 Å². The Labute approximate surface area is 421 Å². The molecule has 0 fully saturated rings. The van der Waals surface area contributed by atoms with Crippen LogP contribution >= 0.6 is 11.8 Å². The molecular weight excluding hydrogens is 895 g/mol. The second kappa shape index (κ2) is 14.8. The summed E-state index contributed by atoms with van der Waals surface area (Å²) < 4.78 is 13.1. The maximum Gasteiger partial charge on any atom is 0.136 e. The molecule has 3 heterocycles. The number of ether oxygens (including phenoxy) is 1. The molecule has 11 aromatic carbocycles. The molecule has 2 aliphatic heterocycles. The third kappa shape index (κ3) is 5.21. The molecular formula is C68H41NO2S. The maximum atomic E-state index is 6.74. The van der Waals surface area contributed by atoms with E-state index in [1.54, 1.807) is 0 Å². The highest BCUT2D eigenvalue weighted by molar-refractivity contribution is 7.99. The van der Waals surface area contributed by atoms with Crippen LogP contribution < -0.4 is 9.64 Å². The summed E-state index contributed by atoms with van der Waals surface area (Å²) in [5, 5.41) is 2.26. The van der Waals surface area contributed by atoms with Crippen LogP contribution in [0.1, 0.15) is 44.5 Å². The molecule has 4 aliphatic rings. The molecule has 12 aromatic rings. The van der Waals surface area contributed by atoms with Gasteiger partial charge < -0.3 is 14.1 Å². The zero-order valence-corrected chi connectivity index (χ0v) is 39.7. The lowest BCUT2D eigenvalue weighted by Gasteiger charge is -2.40. The number of rotatable bonds is 4. The molecule has 0 saturated carbocycles. The molecule has 2 spiro atoms. The van der Waals surface area contributed by atoms with Crippen molar-refractivity contribution in [2.75, 3.05) is 4.90 Å². The lowest BCUT2D eigenvalue weighted by molar-refractivity contribution is 0.436. The van der Waals surface area contributed by atoms with E-state index in [0.717, 1.165) is 72.8 Å². The van der Waals surface area contributed by atoms with E-state index in [2.05, 4.69) is 241 Å². The number of hydrogen-bond donors (Lipinski definition) is 0. The molecule has 0 N–H and O–H groups in total. The summed E-state index contributed by atoms with van der Waals surface area (Å²) in [5.41, 5.74) is 21.2. The van der Waals surface area contributed by atoms with Gasteiger partial charge in [0.2, 0.25) is 0 Å². The van der Waals surface area contributed by atoms with Crippen LogP contribution in [0.4, 0.5) is 17.1 Å². The van der Waals surface area contributed by atoms with Crippen molar-refractivity contribution >= 4 is 50.8 Å². The number of anilines is 3. The Morgan fingerprint density at radius 1 is 0.333 bits per heavy atom. The summed E-state index contributed by atoms with van der Waals surface area (Å²) >= 11 is 1.88. The van der Waals surface area contributed by atoms with Gasteiger partial charge in [-0.15, -0.1) is 0 Å². The molecule has 2 aliphatic carbocycles. The van der Waals surface area contributed by atoms with E-state index >= 15 is 0 Å². The SMILES string of the molecule is c1ccc2c(c1)Oc1ccccc1C21c2ccccc2-c2c(N(c3ccc(-c4ccc5c(c4)oc4ccccc45)cc3)c3ccc4c(c3)-c3ccccc3C43c4ccccc4Sc4ccccc43)cccc21. The summed E-state index contributed by atoms with van der Waals surface area (Å²) in [6.45, 7) is 0. The molecule has 72 heavy (non-hydrogen) atoms. The van der Waals surface area contributed by atoms with E-state index in [9.17, 15) is 0 Å². The Morgan fingerprint density at radius 3 is 1.60 bits per heavy atom. The van der Waals surface area contributed by atoms with Crippen LogP contribution in [0.25, 0.3) is 55.3 Å². The Morgan fingerprint density at radius 2 is 0.861 bits per heavy atom. The van der Waals surface area contributed by atoms with Gasteiger partial charge >= 0.3 is 0 Å². The van der Waals surface area contributed by atoms with Crippen molar-refractivity contribution in [3.8, 4) is 44.9 Å². The number of hydrogen-bond acceptors (Lipinski definition) is 4. The van der Waals surface area contributed by atoms with E-state index in [1.165, 1.54) is 65.4 Å². The van der Waals surface area contributed by atoms with Gasteiger partial charge in [0.15, 0.2) is 0 Å². The Kier molecular flexibility index (Phi) is 8.24. The fourth-order valence-corrected chi connectivity index (χ4v) is 14.4. The molecule has 1 aromatic heterocycles. The largest absolute Gasteiger partial charge is 0.457 e. The van der Waals surface area contributed by atoms with Gasteiger partial charge in [-0.2, -0.15) is 0 Å². The third-order valence-electron chi connectivity index (χ3n) is 16.0. The Balaban J connectivity index is 0.944. The van der Waals surface area contributed by atoms with E-state index < -0.39 is 10.8 Å². The molecule has 3 nitrogen and oxygen atoms in total. The molecule has 0 atom stereocenters. The van der Waals surface area contributed by atoms with E-state index in [0.29, 0.717) is 0 Å². The number of furan rings is 1. The first-order chi connectivity index (χ1) is 35.7. The standard InChI is InChI=1S/C68H41NO2S/c1-4-19-51-46(16-1)50-41-45(37-39-53(50)67(51)56-23-8-13-30-64(56)72-65-31-14-9-24-57(65)67)69(44-35-32-42(33-36-44)43-34-38-48-47-17-3-10-27-60(47)70-63(48)40-43)59-26-15-25-58-66(59)49-18-2-5-20-52(49)68(58)54-21-6-11-28-61(54)71-62-29-12-7-22-55(62)68/h1-41H. The topological polar surface area (TPSA) is 25.6 Å². The van der Waals surface area contributed by atoms with Crippen molar-refractivity contribution < 1.29 is 9.15 Å². The quantitative estimate of drug-likeness (QED) is 0.176. The Hall–Kier alpha value is -8.83. The van der Waals surface area contributed by atoms with Gasteiger partial charge in [0.05, 0.1) is 16.5 Å². The van der Waals surface area contributed by atoms with E-state index in [-0.39, 0.29) is 0 Å². The van der Waals surface area contributed by atoms with Crippen LogP contribution in [0.2, 0.25) is 0 Å². The van der Waals surface area contributed by atoms with Crippen LogP contribution in [-0.4, -0.2) is 0 Å².